The van der Waals surface area contributed by atoms with Crippen molar-refractivity contribution in [3.63, 3.8) is 0 Å². The second-order valence-electron chi connectivity index (χ2n) is 2.55. The minimum absolute atomic E-state index is 1.10. The first-order valence-electron chi connectivity index (χ1n) is 3.39. The summed E-state index contributed by atoms with van der Waals surface area (Å²) in [5.41, 5.74) is 1.22. The van der Waals surface area contributed by atoms with Crippen LogP contribution in [0.15, 0.2) is 28.9 Å². The Bertz CT molecular complexity index is 389. The molecule has 55 valence electrons. The standard InChI is InChI=1S/C9H7BrN/c1-11-5-4-7-6-8(10)2-3-9(7)11/h2-3,5-6H,1H3. The summed E-state index contributed by atoms with van der Waals surface area (Å²) in [6.45, 7) is 0. The summed E-state index contributed by atoms with van der Waals surface area (Å²) in [5, 5.41) is 1.15. The van der Waals surface area contributed by atoms with Crippen LogP contribution >= 0.6 is 15.9 Å². The van der Waals surface area contributed by atoms with E-state index in [1.54, 1.807) is 0 Å². The summed E-state index contributed by atoms with van der Waals surface area (Å²) < 4.78 is 3.16. The summed E-state index contributed by atoms with van der Waals surface area (Å²) in [6.07, 6.45) is 1.94. The summed E-state index contributed by atoms with van der Waals surface area (Å²) in [6, 6.07) is 9.34. The molecule has 0 bridgehead atoms. The molecular formula is C9H7BrN. The van der Waals surface area contributed by atoms with Gasteiger partial charge in [-0.25, -0.2) is 0 Å². The summed E-state index contributed by atoms with van der Waals surface area (Å²) in [4.78, 5) is 0. The van der Waals surface area contributed by atoms with E-state index in [4.69, 9.17) is 0 Å². The average Bonchev–Trinajstić information content (AvgIpc) is 2.32. The largest absolute Gasteiger partial charge is 0.350 e. The molecule has 0 saturated carbocycles. The lowest BCUT2D eigenvalue weighted by Crippen LogP contribution is -1.82. The Morgan fingerprint density at radius 1 is 1.45 bits per heavy atom. The Hall–Kier alpha value is -0.760. The average molecular weight is 209 g/mol. The molecule has 0 spiro atoms. The molecular weight excluding hydrogens is 202 g/mol. The Balaban J connectivity index is 2.86. The number of hydrogen-bond donors (Lipinski definition) is 0. The molecule has 2 heteroatoms. The van der Waals surface area contributed by atoms with Gasteiger partial charge in [-0.1, -0.05) is 15.9 Å². The number of benzene rings is 1. The molecule has 11 heavy (non-hydrogen) atoms. The van der Waals surface area contributed by atoms with Gasteiger partial charge in [0.1, 0.15) is 0 Å². The van der Waals surface area contributed by atoms with Crippen molar-refractivity contribution in [2.75, 3.05) is 0 Å². The normalized spacial score (nSPS) is 10.7. The molecule has 1 aromatic carbocycles. The molecule has 0 aliphatic carbocycles. The van der Waals surface area contributed by atoms with Gasteiger partial charge in [0.05, 0.1) is 0 Å². The van der Waals surface area contributed by atoms with E-state index < -0.39 is 0 Å². The third-order valence-electron chi connectivity index (χ3n) is 1.75. The van der Waals surface area contributed by atoms with E-state index in [0.29, 0.717) is 0 Å². The van der Waals surface area contributed by atoms with Crippen molar-refractivity contribution < 1.29 is 0 Å². The highest BCUT2D eigenvalue weighted by molar-refractivity contribution is 9.10. The van der Waals surface area contributed by atoms with Gasteiger partial charge in [0.15, 0.2) is 0 Å². The molecule has 0 unspecified atom stereocenters. The van der Waals surface area contributed by atoms with Crippen LogP contribution in [0.2, 0.25) is 0 Å². The maximum Gasteiger partial charge on any atom is 0.0484 e. The van der Waals surface area contributed by atoms with Gasteiger partial charge in [0, 0.05) is 34.7 Å². The van der Waals surface area contributed by atoms with Gasteiger partial charge in [-0.3, -0.25) is 0 Å². The second kappa shape index (κ2) is 2.38. The topological polar surface area (TPSA) is 4.93 Å². The quantitative estimate of drug-likeness (QED) is 0.628. The van der Waals surface area contributed by atoms with Gasteiger partial charge in [-0.2, -0.15) is 0 Å². The summed E-state index contributed by atoms with van der Waals surface area (Å²) in [5.74, 6) is 0. The minimum Gasteiger partial charge on any atom is -0.350 e. The monoisotopic (exact) mass is 208 g/mol. The summed E-state index contributed by atoms with van der Waals surface area (Å²) >= 11 is 3.41. The molecule has 2 aromatic rings. The number of halogens is 1. The fourth-order valence-electron chi connectivity index (χ4n) is 1.17. The fourth-order valence-corrected chi connectivity index (χ4v) is 1.53. The van der Waals surface area contributed by atoms with E-state index in [2.05, 4.69) is 38.7 Å². The van der Waals surface area contributed by atoms with Gasteiger partial charge < -0.3 is 4.57 Å². The molecule has 0 atom stereocenters. The van der Waals surface area contributed by atoms with E-state index in [1.165, 1.54) is 5.52 Å². The van der Waals surface area contributed by atoms with Crippen molar-refractivity contribution in [1.82, 2.24) is 4.57 Å². The Labute approximate surface area is 73.8 Å². The second-order valence-corrected chi connectivity index (χ2v) is 3.46. The van der Waals surface area contributed by atoms with Crippen molar-refractivity contribution >= 4 is 26.8 Å². The first-order chi connectivity index (χ1) is 5.27. The number of nitrogens with zero attached hydrogens (tertiary/aromatic N) is 1. The SMILES string of the molecule is Cn1c[c]c2cc(Br)ccc21. The van der Waals surface area contributed by atoms with Gasteiger partial charge in [0.2, 0.25) is 0 Å². The van der Waals surface area contributed by atoms with E-state index in [0.717, 1.165) is 9.86 Å². The van der Waals surface area contributed by atoms with Crippen LogP contribution in [0.3, 0.4) is 0 Å². The van der Waals surface area contributed by atoms with E-state index in [-0.39, 0.29) is 0 Å². The maximum absolute atomic E-state index is 3.41. The first kappa shape index (κ1) is 6.92. The van der Waals surface area contributed by atoms with Crippen molar-refractivity contribution in [3.8, 4) is 0 Å². The Morgan fingerprint density at radius 3 is 3.09 bits per heavy atom. The molecule has 1 nitrogen and oxygen atoms in total. The Kier molecular flexibility index (Phi) is 1.50. The van der Waals surface area contributed by atoms with Crippen molar-refractivity contribution in [2.45, 2.75) is 0 Å². The lowest BCUT2D eigenvalue weighted by Gasteiger charge is -1.94. The molecule has 0 aliphatic rings. The van der Waals surface area contributed by atoms with Crippen LogP contribution in [0, 0.1) is 6.07 Å². The predicted octanol–water partition coefficient (Wildman–Crippen LogP) is 2.74. The maximum atomic E-state index is 3.41. The van der Waals surface area contributed by atoms with Gasteiger partial charge in [-0.15, -0.1) is 0 Å². The summed E-state index contributed by atoms with van der Waals surface area (Å²) in [7, 11) is 2.02. The van der Waals surface area contributed by atoms with Crippen LogP contribution in [0.4, 0.5) is 0 Å². The minimum atomic E-state index is 1.10. The van der Waals surface area contributed by atoms with Crippen LogP contribution in [0.5, 0.6) is 0 Å². The van der Waals surface area contributed by atoms with E-state index >= 15 is 0 Å². The number of fused-ring (bicyclic) bond motifs is 1. The van der Waals surface area contributed by atoms with Gasteiger partial charge >= 0.3 is 0 Å². The lowest BCUT2D eigenvalue weighted by molar-refractivity contribution is 0.968. The van der Waals surface area contributed by atoms with Crippen molar-refractivity contribution in [1.29, 1.82) is 0 Å². The molecule has 1 radical (unpaired) electrons. The highest BCUT2D eigenvalue weighted by atomic mass is 79.9. The molecule has 0 amide bonds. The first-order valence-corrected chi connectivity index (χ1v) is 4.19. The smallest absolute Gasteiger partial charge is 0.0484 e. The van der Waals surface area contributed by atoms with Crippen LogP contribution in [0.1, 0.15) is 0 Å². The lowest BCUT2D eigenvalue weighted by atomic mass is 10.2. The zero-order valence-electron chi connectivity index (χ0n) is 6.13. The third-order valence-corrected chi connectivity index (χ3v) is 2.25. The number of hydrogen-bond acceptors (Lipinski definition) is 0. The van der Waals surface area contributed by atoms with Gasteiger partial charge in [-0.05, 0) is 18.2 Å². The zero-order chi connectivity index (χ0) is 7.84. The predicted molar refractivity (Wildman–Crippen MR) is 49.5 cm³/mol. The molecule has 0 N–H and O–H groups in total. The van der Waals surface area contributed by atoms with Crippen LogP contribution in [0.25, 0.3) is 10.9 Å². The third kappa shape index (κ3) is 1.07. The molecule has 2 rings (SSSR count). The molecule has 0 fully saturated rings. The van der Waals surface area contributed by atoms with Crippen LogP contribution in [-0.2, 0) is 7.05 Å². The molecule has 1 heterocycles. The molecule has 1 aromatic heterocycles. The number of aromatic nitrogens is 1. The molecule has 0 saturated heterocycles. The number of aryl methyl sites for hydroxylation is 1. The highest BCUT2D eigenvalue weighted by Crippen LogP contribution is 2.19. The molecule has 0 aliphatic heterocycles. The van der Waals surface area contributed by atoms with Crippen LogP contribution < -0.4 is 0 Å². The van der Waals surface area contributed by atoms with Crippen LogP contribution in [-0.4, -0.2) is 4.57 Å². The van der Waals surface area contributed by atoms with Crippen molar-refractivity contribution in [3.05, 3.63) is 34.9 Å². The zero-order valence-corrected chi connectivity index (χ0v) is 7.72. The Morgan fingerprint density at radius 2 is 2.27 bits per heavy atom. The number of rotatable bonds is 0. The van der Waals surface area contributed by atoms with Crippen molar-refractivity contribution in [2.24, 2.45) is 7.05 Å². The van der Waals surface area contributed by atoms with E-state index in [9.17, 15) is 0 Å². The fraction of sp³-hybridized carbons (Fsp3) is 0.111. The van der Waals surface area contributed by atoms with E-state index in [1.807, 2.05) is 19.3 Å². The highest BCUT2D eigenvalue weighted by Gasteiger charge is 1.96. The van der Waals surface area contributed by atoms with Gasteiger partial charge in [0.25, 0.3) is 0 Å².